The predicted octanol–water partition coefficient (Wildman–Crippen LogP) is 3.86. The summed E-state index contributed by atoms with van der Waals surface area (Å²) in [6.45, 7) is 6.55. The van der Waals surface area contributed by atoms with E-state index in [1.54, 1.807) is 7.11 Å². The first kappa shape index (κ1) is 16.6. The number of piperidine rings is 1. The zero-order valence-electron chi connectivity index (χ0n) is 13.9. The summed E-state index contributed by atoms with van der Waals surface area (Å²) in [7, 11) is 1.62. The van der Waals surface area contributed by atoms with Gasteiger partial charge in [0.2, 0.25) is 0 Å². The number of anilines is 1. The number of amides is 1. The van der Waals surface area contributed by atoms with Gasteiger partial charge in [-0.1, -0.05) is 12.5 Å². The molecule has 0 aromatic heterocycles. The zero-order valence-corrected chi connectivity index (χ0v) is 13.9. The molecule has 1 aromatic carbocycles. The van der Waals surface area contributed by atoms with Gasteiger partial charge in [-0.15, -0.1) is 0 Å². The number of benzene rings is 1. The molecule has 0 saturated carbocycles. The van der Waals surface area contributed by atoms with Crippen LogP contribution in [0.5, 0.6) is 5.75 Å². The highest BCUT2D eigenvalue weighted by Crippen LogP contribution is 2.32. The van der Waals surface area contributed by atoms with Gasteiger partial charge >= 0.3 is 6.09 Å². The van der Waals surface area contributed by atoms with Crippen molar-refractivity contribution in [3.8, 4) is 5.75 Å². The number of rotatable bonds is 3. The third-order valence-electron chi connectivity index (χ3n) is 3.58. The van der Waals surface area contributed by atoms with Gasteiger partial charge in [-0.05, 0) is 51.8 Å². The summed E-state index contributed by atoms with van der Waals surface area (Å²) in [4.78, 5) is 12.1. The first-order chi connectivity index (χ1) is 10.4. The first-order valence-electron chi connectivity index (χ1n) is 7.80. The smallest absolute Gasteiger partial charge is 0.412 e. The van der Waals surface area contributed by atoms with Gasteiger partial charge in [-0.25, -0.2) is 4.79 Å². The van der Waals surface area contributed by atoms with Crippen LogP contribution >= 0.6 is 0 Å². The van der Waals surface area contributed by atoms with E-state index in [1.165, 1.54) is 12.8 Å². The minimum atomic E-state index is -0.522. The summed E-state index contributed by atoms with van der Waals surface area (Å²) in [6.07, 6.45) is 3.00. The fourth-order valence-corrected chi connectivity index (χ4v) is 2.61. The maximum absolute atomic E-state index is 12.1. The van der Waals surface area contributed by atoms with E-state index in [9.17, 15) is 4.79 Å². The van der Waals surface area contributed by atoms with Crippen LogP contribution in [0.4, 0.5) is 10.5 Å². The van der Waals surface area contributed by atoms with Crippen molar-refractivity contribution < 1.29 is 14.3 Å². The molecule has 1 aliphatic rings. The molecule has 0 aliphatic carbocycles. The SMILES string of the molecule is COc1ccc(C2CCCCN2)c(NC(=O)OC(C)(C)C)c1. The molecule has 0 bridgehead atoms. The van der Waals surface area contributed by atoms with Crippen molar-refractivity contribution in [1.29, 1.82) is 0 Å². The molecule has 1 saturated heterocycles. The Morgan fingerprint density at radius 3 is 2.68 bits per heavy atom. The van der Waals surface area contributed by atoms with E-state index < -0.39 is 11.7 Å². The van der Waals surface area contributed by atoms with Gasteiger partial charge in [0.15, 0.2) is 0 Å². The fraction of sp³-hybridized carbons (Fsp3) is 0.588. The van der Waals surface area contributed by atoms with Crippen molar-refractivity contribution in [2.75, 3.05) is 19.0 Å². The normalized spacial score (nSPS) is 18.6. The highest BCUT2D eigenvalue weighted by atomic mass is 16.6. The number of nitrogens with one attached hydrogen (secondary N) is 2. The zero-order chi connectivity index (χ0) is 16.2. The van der Waals surface area contributed by atoms with Crippen LogP contribution in [0, 0.1) is 0 Å². The van der Waals surface area contributed by atoms with Crippen molar-refractivity contribution in [2.24, 2.45) is 0 Å². The molecule has 1 atom stereocenters. The summed E-state index contributed by atoms with van der Waals surface area (Å²) in [5.74, 6) is 0.714. The van der Waals surface area contributed by atoms with Gasteiger partial charge < -0.3 is 14.8 Å². The molecule has 2 rings (SSSR count). The van der Waals surface area contributed by atoms with E-state index in [2.05, 4.69) is 10.6 Å². The Hall–Kier alpha value is -1.75. The minimum Gasteiger partial charge on any atom is -0.497 e. The number of carbonyl (C=O) groups is 1. The van der Waals surface area contributed by atoms with E-state index in [4.69, 9.17) is 9.47 Å². The van der Waals surface area contributed by atoms with Crippen LogP contribution in [0.3, 0.4) is 0 Å². The summed E-state index contributed by atoms with van der Waals surface area (Å²) in [5.41, 5.74) is 1.30. The Bertz CT molecular complexity index is 517. The van der Waals surface area contributed by atoms with Gasteiger partial charge in [0.05, 0.1) is 12.8 Å². The Labute approximate surface area is 132 Å². The molecule has 1 heterocycles. The monoisotopic (exact) mass is 306 g/mol. The topological polar surface area (TPSA) is 59.6 Å². The number of ether oxygens (including phenoxy) is 2. The average Bonchev–Trinajstić information content (AvgIpc) is 2.46. The third-order valence-corrected chi connectivity index (χ3v) is 3.58. The van der Waals surface area contributed by atoms with Crippen molar-refractivity contribution in [3.63, 3.8) is 0 Å². The summed E-state index contributed by atoms with van der Waals surface area (Å²) in [6, 6.07) is 6.03. The molecule has 5 heteroatoms. The molecule has 1 unspecified atom stereocenters. The third kappa shape index (κ3) is 4.63. The quantitative estimate of drug-likeness (QED) is 0.890. The molecule has 1 aromatic rings. The van der Waals surface area contributed by atoms with Crippen molar-refractivity contribution >= 4 is 11.8 Å². The van der Waals surface area contributed by atoms with E-state index in [0.29, 0.717) is 5.75 Å². The molecule has 22 heavy (non-hydrogen) atoms. The van der Waals surface area contributed by atoms with Crippen LogP contribution in [0.1, 0.15) is 51.6 Å². The van der Waals surface area contributed by atoms with E-state index >= 15 is 0 Å². The average molecular weight is 306 g/mol. The minimum absolute atomic E-state index is 0.254. The molecule has 122 valence electrons. The lowest BCUT2D eigenvalue weighted by Gasteiger charge is -2.27. The van der Waals surface area contributed by atoms with Crippen LogP contribution in [-0.4, -0.2) is 25.3 Å². The molecule has 2 N–H and O–H groups in total. The second-order valence-corrected chi connectivity index (χ2v) is 6.58. The van der Waals surface area contributed by atoms with Crippen LogP contribution in [0.15, 0.2) is 18.2 Å². The number of carbonyl (C=O) groups excluding carboxylic acids is 1. The van der Waals surface area contributed by atoms with Gasteiger partial charge in [-0.2, -0.15) is 0 Å². The maximum atomic E-state index is 12.1. The largest absolute Gasteiger partial charge is 0.497 e. The van der Waals surface area contributed by atoms with Crippen molar-refractivity contribution in [2.45, 2.75) is 51.7 Å². The Morgan fingerprint density at radius 1 is 1.32 bits per heavy atom. The van der Waals surface area contributed by atoms with E-state index in [0.717, 1.165) is 24.2 Å². The standard InChI is InChI=1S/C17H26N2O3/c1-17(2,3)22-16(20)19-15-11-12(21-4)8-9-13(15)14-7-5-6-10-18-14/h8-9,11,14,18H,5-7,10H2,1-4H3,(H,19,20). The molecule has 5 nitrogen and oxygen atoms in total. The molecule has 1 aliphatic heterocycles. The molecule has 0 spiro atoms. The van der Waals surface area contributed by atoms with Crippen molar-refractivity contribution in [3.05, 3.63) is 23.8 Å². The molecular weight excluding hydrogens is 280 g/mol. The Balaban J connectivity index is 2.20. The molecular formula is C17H26N2O3. The summed E-state index contributed by atoms with van der Waals surface area (Å²) >= 11 is 0. The second-order valence-electron chi connectivity index (χ2n) is 6.58. The van der Waals surface area contributed by atoms with E-state index in [-0.39, 0.29) is 6.04 Å². The molecule has 0 radical (unpaired) electrons. The molecule has 1 amide bonds. The van der Waals surface area contributed by atoms with Crippen LogP contribution in [-0.2, 0) is 4.74 Å². The van der Waals surface area contributed by atoms with E-state index in [1.807, 2.05) is 39.0 Å². The van der Waals surface area contributed by atoms with Gasteiger partial charge in [-0.3, -0.25) is 5.32 Å². The lowest BCUT2D eigenvalue weighted by atomic mass is 9.96. The van der Waals surface area contributed by atoms with Gasteiger partial charge in [0, 0.05) is 12.1 Å². The number of hydrogen-bond donors (Lipinski definition) is 2. The number of methoxy groups -OCH3 is 1. The van der Waals surface area contributed by atoms with Crippen LogP contribution in [0.2, 0.25) is 0 Å². The highest BCUT2D eigenvalue weighted by molar-refractivity contribution is 5.86. The second kappa shape index (κ2) is 7.01. The Kier molecular flexibility index (Phi) is 5.29. The molecule has 1 fully saturated rings. The van der Waals surface area contributed by atoms with Crippen LogP contribution < -0.4 is 15.4 Å². The number of hydrogen-bond acceptors (Lipinski definition) is 4. The van der Waals surface area contributed by atoms with Gasteiger partial charge in [0.25, 0.3) is 0 Å². The highest BCUT2D eigenvalue weighted by Gasteiger charge is 2.21. The van der Waals surface area contributed by atoms with Crippen molar-refractivity contribution in [1.82, 2.24) is 5.32 Å². The Morgan fingerprint density at radius 2 is 2.09 bits per heavy atom. The van der Waals surface area contributed by atoms with Gasteiger partial charge in [0.1, 0.15) is 11.4 Å². The summed E-state index contributed by atoms with van der Waals surface area (Å²) < 4.78 is 10.6. The fourth-order valence-electron chi connectivity index (χ4n) is 2.61. The maximum Gasteiger partial charge on any atom is 0.412 e. The lowest BCUT2D eigenvalue weighted by Crippen LogP contribution is -2.30. The first-order valence-corrected chi connectivity index (χ1v) is 7.80. The van der Waals surface area contributed by atoms with Crippen LogP contribution in [0.25, 0.3) is 0 Å². The summed E-state index contributed by atoms with van der Waals surface area (Å²) in [5, 5.41) is 6.36. The lowest BCUT2D eigenvalue weighted by molar-refractivity contribution is 0.0635. The predicted molar refractivity (Wildman–Crippen MR) is 87.4 cm³/mol.